The Kier molecular flexibility index (Phi) is 3.91. The third-order valence-corrected chi connectivity index (χ3v) is 5.86. The molecule has 0 unspecified atom stereocenters. The largest absolute Gasteiger partial charge is 0.361 e. The van der Waals surface area contributed by atoms with E-state index in [9.17, 15) is 14.4 Å². The van der Waals surface area contributed by atoms with Crippen LogP contribution in [-0.4, -0.2) is 29.3 Å². The lowest BCUT2D eigenvalue weighted by Crippen LogP contribution is -2.31. The molecule has 1 aromatic heterocycles. The molecule has 0 radical (unpaired) electrons. The molecule has 1 aromatic carbocycles. The SMILES string of the molecule is Cc1noc(C)c1CCNC(=O)[C@@H]1[C@H]2C(=O)Nc3ccccc3C(=O)[C@]12C. The molecule has 0 bridgehead atoms. The quantitative estimate of drug-likeness (QED) is 0.861. The zero-order valence-electron chi connectivity index (χ0n) is 15.5. The number of rotatable bonds is 4. The van der Waals surface area contributed by atoms with Crippen LogP contribution in [0.5, 0.6) is 0 Å². The molecule has 2 aromatic rings. The van der Waals surface area contributed by atoms with Gasteiger partial charge >= 0.3 is 0 Å². The minimum Gasteiger partial charge on any atom is -0.361 e. The van der Waals surface area contributed by atoms with E-state index in [1.54, 1.807) is 31.2 Å². The highest BCUT2D eigenvalue weighted by Gasteiger charge is 2.73. The number of hydrogen-bond donors (Lipinski definition) is 2. The second kappa shape index (κ2) is 6.04. The van der Waals surface area contributed by atoms with E-state index in [1.807, 2.05) is 13.8 Å². The minimum atomic E-state index is -0.996. The molecule has 2 heterocycles. The smallest absolute Gasteiger partial charge is 0.229 e. The number of carbonyl (C=O) groups excluding carboxylic acids is 3. The van der Waals surface area contributed by atoms with Crippen molar-refractivity contribution in [2.75, 3.05) is 11.9 Å². The maximum atomic E-state index is 13.0. The van der Waals surface area contributed by atoms with Crippen LogP contribution in [0.1, 0.15) is 34.3 Å². The second-order valence-corrected chi connectivity index (χ2v) is 7.45. The average molecular weight is 367 g/mol. The number of amides is 2. The Morgan fingerprint density at radius 1 is 1.30 bits per heavy atom. The molecule has 0 spiro atoms. The van der Waals surface area contributed by atoms with Gasteiger partial charge < -0.3 is 15.2 Å². The average Bonchev–Trinajstić information content (AvgIpc) is 3.19. The number of aryl methyl sites for hydroxylation is 2. The van der Waals surface area contributed by atoms with Crippen LogP contribution >= 0.6 is 0 Å². The number of nitrogens with zero attached hydrogens (tertiary/aromatic N) is 1. The van der Waals surface area contributed by atoms with Crippen molar-refractivity contribution < 1.29 is 18.9 Å². The van der Waals surface area contributed by atoms with Crippen LogP contribution < -0.4 is 10.6 Å². The molecule has 0 saturated heterocycles. The third-order valence-electron chi connectivity index (χ3n) is 5.86. The van der Waals surface area contributed by atoms with E-state index in [4.69, 9.17) is 4.52 Å². The van der Waals surface area contributed by atoms with E-state index >= 15 is 0 Å². The highest BCUT2D eigenvalue weighted by Crippen LogP contribution is 2.62. The zero-order valence-corrected chi connectivity index (χ0v) is 15.5. The molecule has 2 amide bonds. The van der Waals surface area contributed by atoms with E-state index in [0.29, 0.717) is 24.2 Å². The van der Waals surface area contributed by atoms with Gasteiger partial charge in [0.25, 0.3) is 0 Å². The van der Waals surface area contributed by atoms with E-state index in [1.165, 1.54) is 0 Å². The van der Waals surface area contributed by atoms with Gasteiger partial charge in [0.15, 0.2) is 5.78 Å². The maximum Gasteiger partial charge on any atom is 0.229 e. The summed E-state index contributed by atoms with van der Waals surface area (Å²) < 4.78 is 5.12. The molecular weight excluding hydrogens is 346 g/mol. The predicted molar refractivity (Wildman–Crippen MR) is 97.2 cm³/mol. The van der Waals surface area contributed by atoms with Crippen molar-refractivity contribution in [2.24, 2.45) is 17.3 Å². The van der Waals surface area contributed by atoms with Crippen LogP contribution in [0.25, 0.3) is 0 Å². The Morgan fingerprint density at radius 3 is 2.74 bits per heavy atom. The number of nitrogens with one attached hydrogen (secondary N) is 2. The predicted octanol–water partition coefficient (Wildman–Crippen LogP) is 2.04. The number of para-hydroxylation sites is 1. The molecule has 1 fully saturated rings. The summed E-state index contributed by atoms with van der Waals surface area (Å²) in [6, 6.07) is 6.92. The summed E-state index contributed by atoms with van der Waals surface area (Å²) in [5.41, 5.74) is 1.75. The van der Waals surface area contributed by atoms with Gasteiger partial charge in [0, 0.05) is 17.7 Å². The van der Waals surface area contributed by atoms with Crippen molar-refractivity contribution in [2.45, 2.75) is 27.2 Å². The highest BCUT2D eigenvalue weighted by atomic mass is 16.5. The summed E-state index contributed by atoms with van der Waals surface area (Å²) in [5.74, 6) is -1.26. The lowest BCUT2D eigenvalue weighted by molar-refractivity contribution is -0.125. The number of carbonyl (C=O) groups is 3. The van der Waals surface area contributed by atoms with Crippen LogP contribution in [0.15, 0.2) is 28.8 Å². The fraction of sp³-hybridized carbons (Fsp3) is 0.400. The van der Waals surface area contributed by atoms with Crippen LogP contribution in [0.3, 0.4) is 0 Å². The first kappa shape index (κ1) is 17.5. The summed E-state index contributed by atoms with van der Waals surface area (Å²) in [5, 5.41) is 9.55. The molecular formula is C20H21N3O4. The van der Waals surface area contributed by atoms with E-state index in [0.717, 1.165) is 17.0 Å². The van der Waals surface area contributed by atoms with Crippen molar-refractivity contribution in [1.82, 2.24) is 10.5 Å². The number of ketones is 1. The van der Waals surface area contributed by atoms with Gasteiger partial charge in [-0.3, -0.25) is 14.4 Å². The summed E-state index contributed by atoms with van der Waals surface area (Å²) in [7, 11) is 0. The standard InChI is InChI=1S/C20H21N3O4/c1-10-12(11(2)27-23-10)8-9-21-18(25)15-16-19(26)22-14-7-5-4-6-13(14)17(24)20(15,16)3/h4-7,15-16H,8-9H2,1-3H3,(H,21,25)(H,22,26)/t15-,16-,20+/m0/s1. The second-order valence-electron chi connectivity index (χ2n) is 7.45. The summed E-state index contributed by atoms with van der Waals surface area (Å²) in [6.45, 7) is 5.79. The monoisotopic (exact) mass is 367 g/mol. The molecule has 7 heteroatoms. The Bertz CT molecular complexity index is 944. The van der Waals surface area contributed by atoms with Crippen LogP contribution in [0.2, 0.25) is 0 Å². The molecule has 7 nitrogen and oxygen atoms in total. The van der Waals surface area contributed by atoms with Crippen LogP contribution in [0, 0.1) is 31.1 Å². The van der Waals surface area contributed by atoms with E-state index in [-0.39, 0.29) is 17.6 Å². The normalized spacial score (nSPS) is 25.9. The lowest BCUT2D eigenvalue weighted by Gasteiger charge is -2.12. The van der Waals surface area contributed by atoms with Crippen LogP contribution in [-0.2, 0) is 16.0 Å². The van der Waals surface area contributed by atoms with Gasteiger partial charge in [0.1, 0.15) is 5.76 Å². The number of benzene rings is 1. The van der Waals surface area contributed by atoms with Gasteiger partial charge in [-0.2, -0.15) is 0 Å². The number of anilines is 1. The Balaban J connectivity index is 1.49. The van der Waals surface area contributed by atoms with Crippen molar-refractivity contribution in [1.29, 1.82) is 0 Å². The number of hydrogen-bond acceptors (Lipinski definition) is 5. The lowest BCUT2D eigenvalue weighted by atomic mass is 9.92. The molecule has 27 heavy (non-hydrogen) atoms. The van der Waals surface area contributed by atoms with Gasteiger partial charge in [0.05, 0.1) is 28.6 Å². The fourth-order valence-corrected chi connectivity index (χ4v) is 4.21. The first-order valence-corrected chi connectivity index (χ1v) is 9.00. The van der Waals surface area contributed by atoms with E-state index < -0.39 is 17.3 Å². The first-order chi connectivity index (χ1) is 12.9. The number of aromatic nitrogens is 1. The summed E-state index contributed by atoms with van der Waals surface area (Å²) in [6.07, 6.45) is 0.587. The Morgan fingerprint density at radius 2 is 2.04 bits per heavy atom. The van der Waals surface area contributed by atoms with Gasteiger partial charge in [0.2, 0.25) is 11.8 Å². The molecule has 2 aliphatic rings. The van der Waals surface area contributed by atoms with Gasteiger partial charge in [-0.1, -0.05) is 24.2 Å². The highest BCUT2D eigenvalue weighted by molar-refractivity contribution is 6.19. The molecule has 4 rings (SSSR count). The summed E-state index contributed by atoms with van der Waals surface area (Å²) >= 11 is 0. The van der Waals surface area contributed by atoms with Crippen LogP contribution in [0.4, 0.5) is 5.69 Å². The topological polar surface area (TPSA) is 101 Å². The van der Waals surface area contributed by atoms with Crippen molar-refractivity contribution >= 4 is 23.3 Å². The van der Waals surface area contributed by atoms with Gasteiger partial charge in [-0.05, 0) is 32.4 Å². The van der Waals surface area contributed by atoms with Crippen molar-refractivity contribution in [3.05, 3.63) is 46.8 Å². The number of fused-ring (bicyclic) bond motifs is 2. The molecule has 1 aliphatic heterocycles. The van der Waals surface area contributed by atoms with Gasteiger partial charge in [-0.25, -0.2) is 0 Å². The minimum absolute atomic E-state index is 0.160. The van der Waals surface area contributed by atoms with Crippen molar-refractivity contribution in [3.63, 3.8) is 0 Å². The van der Waals surface area contributed by atoms with E-state index in [2.05, 4.69) is 15.8 Å². The molecule has 3 atom stereocenters. The number of Topliss-reactive ketones (excluding diaryl/α,β-unsaturated/α-hetero) is 1. The van der Waals surface area contributed by atoms with Crippen molar-refractivity contribution in [3.8, 4) is 0 Å². The fourth-order valence-electron chi connectivity index (χ4n) is 4.21. The maximum absolute atomic E-state index is 13.0. The molecule has 1 saturated carbocycles. The molecule has 1 aliphatic carbocycles. The Hall–Kier alpha value is -2.96. The Labute approximate surface area is 156 Å². The molecule has 2 N–H and O–H groups in total. The molecule has 140 valence electrons. The first-order valence-electron chi connectivity index (χ1n) is 9.00. The summed E-state index contributed by atoms with van der Waals surface area (Å²) in [4.78, 5) is 38.3. The van der Waals surface area contributed by atoms with Gasteiger partial charge in [-0.15, -0.1) is 0 Å². The zero-order chi connectivity index (χ0) is 19.3. The third kappa shape index (κ3) is 2.57.